The Hall–Kier alpha value is -0.740. The Balaban J connectivity index is 2.19. The lowest BCUT2D eigenvalue weighted by atomic mass is 10.1. The van der Waals surface area contributed by atoms with E-state index in [1.807, 2.05) is 6.07 Å². The van der Waals surface area contributed by atoms with Gasteiger partial charge in [0, 0.05) is 4.47 Å². The zero-order valence-electron chi connectivity index (χ0n) is 7.95. The van der Waals surface area contributed by atoms with Crippen molar-refractivity contribution in [2.24, 2.45) is 0 Å². The molecule has 0 amide bonds. The fourth-order valence-corrected chi connectivity index (χ4v) is 2.25. The van der Waals surface area contributed by atoms with Crippen molar-refractivity contribution in [2.75, 3.05) is 0 Å². The predicted octanol–water partition coefficient (Wildman–Crippen LogP) is 3.01. The van der Waals surface area contributed by atoms with Crippen molar-refractivity contribution in [3.05, 3.63) is 34.1 Å². The minimum Gasteiger partial charge on any atom is -0.363 e. The Bertz CT molecular complexity index is 361. The van der Waals surface area contributed by atoms with E-state index in [2.05, 4.69) is 15.9 Å². The van der Waals surface area contributed by atoms with E-state index in [0.29, 0.717) is 10.9 Å². The van der Waals surface area contributed by atoms with Crippen molar-refractivity contribution in [3.63, 3.8) is 0 Å². The highest BCUT2D eigenvalue weighted by molar-refractivity contribution is 9.10. The van der Waals surface area contributed by atoms with Gasteiger partial charge in [-0.25, -0.2) is 4.39 Å². The quantitative estimate of drug-likeness (QED) is 0.774. The van der Waals surface area contributed by atoms with Gasteiger partial charge in [0.05, 0.1) is 6.10 Å². The minimum absolute atomic E-state index is 0.160. The molecular weight excluding hydrogens is 263 g/mol. The highest BCUT2D eigenvalue weighted by Gasteiger charge is 2.26. The maximum Gasteiger partial charge on any atom is 0.148 e. The van der Waals surface area contributed by atoms with Gasteiger partial charge in [-0.3, -0.25) is 0 Å². The van der Waals surface area contributed by atoms with Crippen LogP contribution < -0.4 is 0 Å². The van der Waals surface area contributed by atoms with Gasteiger partial charge in [-0.15, -0.1) is 0 Å². The molecule has 0 spiro atoms. The van der Waals surface area contributed by atoms with Crippen molar-refractivity contribution in [2.45, 2.75) is 25.0 Å². The molecule has 1 aromatic carbocycles. The smallest absolute Gasteiger partial charge is 0.148 e. The van der Waals surface area contributed by atoms with Gasteiger partial charge in [-0.05, 0) is 36.6 Å². The van der Waals surface area contributed by atoms with Crippen LogP contribution >= 0.6 is 15.9 Å². The monoisotopic (exact) mass is 272 g/mol. The molecule has 80 valence electrons. The minimum atomic E-state index is -0.336. The van der Waals surface area contributed by atoms with Crippen LogP contribution in [0.4, 0.5) is 4.39 Å². The number of halogens is 2. The molecule has 4 heteroatoms. The van der Waals surface area contributed by atoms with Gasteiger partial charge in [0.15, 0.2) is 0 Å². The normalized spacial score (nSPS) is 25.5. The Kier molecular flexibility index (Phi) is 3.17. The molecule has 2 rings (SSSR count). The first-order valence-electron chi connectivity index (χ1n) is 4.76. The summed E-state index contributed by atoms with van der Waals surface area (Å²) in [5.41, 5.74) is 0.784. The molecule has 1 aromatic rings. The second kappa shape index (κ2) is 4.41. The molecule has 0 aliphatic carbocycles. The van der Waals surface area contributed by atoms with Crippen molar-refractivity contribution in [1.29, 1.82) is 0 Å². The third-order valence-electron chi connectivity index (χ3n) is 2.46. The SMILES string of the molecule is O=CC1CCC(c2cc(F)cc(Br)c2)O1. The van der Waals surface area contributed by atoms with Gasteiger partial charge in [0.2, 0.25) is 0 Å². The predicted molar refractivity (Wildman–Crippen MR) is 57.0 cm³/mol. The van der Waals surface area contributed by atoms with Crippen LogP contribution in [-0.2, 0) is 9.53 Å². The standard InChI is InChI=1S/C11H10BrFO2/c12-8-3-7(4-9(13)5-8)11-2-1-10(6-14)15-11/h3-6,10-11H,1-2H2. The molecule has 2 nitrogen and oxygen atoms in total. The van der Waals surface area contributed by atoms with E-state index in [0.717, 1.165) is 18.3 Å². The molecule has 0 aromatic heterocycles. The number of hydrogen-bond donors (Lipinski definition) is 0. The van der Waals surface area contributed by atoms with Crippen molar-refractivity contribution >= 4 is 22.2 Å². The Labute approximate surface area is 95.6 Å². The molecule has 15 heavy (non-hydrogen) atoms. The number of carbonyl (C=O) groups excluding carboxylic acids is 1. The number of rotatable bonds is 2. The molecule has 0 saturated carbocycles. The van der Waals surface area contributed by atoms with E-state index in [1.165, 1.54) is 12.1 Å². The van der Waals surface area contributed by atoms with E-state index in [-0.39, 0.29) is 18.0 Å². The first-order valence-corrected chi connectivity index (χ1v) is 5.55. The fraction of sp³-hybridized carbons (Fsp3) is 0.364. The van der Waals surface area contributed by atoms with Crippen molar-refractivity contribution in [1.82, 2.24) is 0 Å². The number of benzene rings is 1. The van der Waals surface area contributed by atoms with Crippen LogP contribution in [0, 0.1) is 5.82 Å². The number of ether oxygens (including phenoxy) is 1. The molecule has 1 saturated heterocycles. The average molecular weight is 273 g/mol. The molecule has 1 fully saturated rings. The van der Waals surface area contributed by atoms with Crippen LogP contribution in [-0.4, -0.2) is 12.4 Å². The maximum absolute atomic E-state index is 13.1. The van der Waals surface area contributed by atoms with Crippen LogP contribution in [0.3, 0.4) is 0 Å². The molecule has 1 aliphatic rings. The van der Waals surface area contributed by atoms with Crippen LogP contribution in [0.15, 0.2) is 22.7 Å². The van der Waals surface area contributed by atoms with Crippen LogP contribution in [0.2, 0.25) is 0 Å². The first kappa shape index (κ1) is 10.8. The summed E-state index contributed by atoms with van der Waals surface area (Å²) in [4.78, 5) is 10.5. The molecule has 0 radical (unpaired) electrons. The lowest BCUT2D eigenvalue weighted by molar-refractivity contribution is -0.117. The second-order valence-corrected chi connectivity index (χ2v) is 4.50. The van der Waals surface area contributed by atoms with Crippen LogP contribution in [0.1, 0.15) is 24.5 Å². The van der Waals surface area contributed by atoms with E-state index >= 15 is 0 Å². The summed E-state index contributed by atoms with van der Waals surface area (Å²) in [5, 5.41) is 0. The largest absolute Gasteiger partial charge is 0.363 e. The van der Waals surface area contributed by atoms with Gasteiger partial charge in [-0.1, -0.05) is 15.9 Å². The second-order valence-electron chi connectivity index (χ2n) is 3.58. The summed E-state index contributed by atoms with van der Waals surface area (Å²) in [6.07, 6.45) is 1.78. The lowest BCUT2D eigenvalue weighted by Gasteiger charge is -2.11. The van der Waals surface area contributed by atoms with Gasteiger partial charge in [-0.2, -0.15) is 0 Å². The fourth-order valence-electron chi connectivity index (χ4n) is 1.77. The summed E-state index contributed by atoms with van der Waals surface area (Å²) >= 11 is 3.23. The molecule has 1 heterocycles. The summed E-state index contributed by atoms with van der Waals surface area (Å²) < 4.78 is 19.2. The lowest BCUT2D eigenvalue weighted by Crippen LogP contribution is -2.07. The summed E-state index contributed by atoms with van der Waals surface area (Å²) in [5.74, 6) is -0.294. The van der Waals surface area contributed by atoms with E-state index in [9.17, 15) is 9.18 Å². The van der Waals surface area contributed by atoms with Gasteiger partial charge in [0.25, 0.3) is 0 Å². The van der Waals surface area contributed by atoms with Crippen molar-refractivity contribution < 1.29 is 13.9 Å². The average Bonchev–Trinajstić information content (AvgIpc) is 2.64. The highest BCUT2D eigenvalue weighted by Crippen LogP contribution is 2.33. The van der Waals surface area contributed by atoms with Gasteiger partial charge >= 0.3 is 0 Å². The molecular formula is C11H10BrFO2. The highest BCUT2D eigenvalue weighted by atomic mass is 79.9. The number of aldehydes is 1. The third-order valence-corrected chi connectivity index (χ3v) is 2.92. The third kappa shape index (κ3) is 2.44. The molecule has 2 atom stereocenters. The molecule has 0 bridgehead atoms. The van der Waals surface area contributed by atoms with Crippen LogP contribution in [0.5, 0.6) is 0 Å². The van der Waals surface area contributed by atoms with Crippen molar-refractivity contribution in [3.8, 4) is 0 Å². The topological polar surface area (TPSA) is 26.3 Å². The Morgan fingerprint density at radius 2 is 2.20 bits per heavy atom. The summed E-state index contributed by atoms with van der Waals surface area (Å²) in [7, 11) is 0. The Morgan fingerprint density at radius 1 is 1.40 bits per heavy atom. The number of hydrogen-bond acceptors (Lipinski definition) is 2. The van der Waals surface area contributed by atoms with E-state index in [4.69, 9.17) is 4.74 Å². The first-order chi connectivity index (χ1) is 7.19. The van der Waals surface area contributed by atoms with Crippen LogP contribution in [0.25, 0.3) is 0 Å². The Morgan fingerprint density at radius 3 is 2.80 bits per heavy atom. The maximum atomic E-state index is 13.1. The molecule has 2 unspecified atom stereocenters. The summed E-state index contributed by atoms with van der Waals surface area (Å²) in [6, 6.07) is 4.67. The van der Waals surface area contributed by atoms with Gasteiger partial charge < -0.3 is 9.53 Å². The molecule has 1 aliphatic heterocycles. The zero-order chi connectivity index (χ0) is 10.8. The van der Waals surface area contributed by atoms with E-state index < -0.39 is 0 Å². The van der Waals surface area contributed by atoms with E-state index in [1.54, 1.807) is 0 Å². The number of carbonyl (C=O) groups is 1. The van der Waals surface area contributed by atoms with Gasteiger partial charge in [0.1, 0.15) is 18.2 Å². The zero-order valence-corrected chi connectivity index (χ0v) is 9.54. The summed E-state index contributed by atoms with van der Waals surface area (Å²) in [6.45, 7) is 0. The molecule has 0 N–H and O–H groups in total.